The van der Waals surface area contributed by atoms with E-state index in [0.717, 1.165) is 6.07 Å². The average Bonchev–Trinajstić information content (AvgIpc) is 2.37. The van der Waals surface area contributed by atoms with Gasteiger partial charge in [-0.15, -0.1) is 0 Å². The standard InChI is InChI=1S/C12H14BrCl2NO4S/c1-3-20-6-7(2)16-12(17)9-4-8(21(15,18)19)5-10(13)11(9)14/h4-5,7H,3,6H2,1-2H3,(H,16,17). The molecule has 0 bridgehead atoms. The molecule has 0 heterocycles. The monoisotopic (exact) mass is 417 g/mol. The Morgan fingerprint density at radius 3 is 2.62 bits per heavy atom. The topological polar surface area (TPSA) is 72.5 Å². The van der Waals surface area contributed by atoms with Gasteiger partial charge in [0.25, 0.3) is 15.0 Å². The van der Waals surface area contributed by atoms with Crippen molar-refractivity contribution in [3.8, 4) is 0 Å². The fourth-order valence-electron chi connectivity index (χ4n) is 1.51. The van der Waals surface area contributed by atoms with E-state index in [9.17, 15) is 13.2 Å². The number of nitrogens with one attached hydrogen (secondary N) is 1. The zero-order chi connectivity index (χ0) is 16.2. The highest BCUT2D eigenvalue weighted by Crippen LogP contribution is 2.31. The minimum Gasteiger partial charge on any atom is -0.380 e. The SMILES string of the molecule is CCOCC(C)NC(=O)c1cc(S(=O)(=O)Cl)cc(Br)c1Cl. The van der Waals surface area contributed by atoms with Crippen molar-refractivity contribution in [3.63, 3.8) is 0 Å². The van der Waals surface area contributed by atoms with E-state index in [1.54, 1.807) is 6.92 Å². The van der Waals surface area contributed by atoms with Crippen molar-refractivity contribution in [1.82, 2.24) is 5.32 Å². The summed E-state index contributed by atoms with van der Waals surface area (Å²) in [7, 11) is 1.33. The van der Waals surface area contributed by atoms with Crippen LogP contribution in [0.15, 0.2) is 21.5 Å². The first-order chi connectivity index (χ1) is 9.66. The van der Waals surface area contributed by atoms with Crippen LogP contribution in [0.3, 0.4) is 0 Å². The molecule has 1 unspecified atom stereocenters. The highest BCUT2D eigenvalue weighted by molar-refractivity contribution is 9.10. The Balaban J connectivity index is 3.06. The Morgan fingerprint density at radius 1 is 1.48 bits per heavy atom. The molecular formula is C12H14BrCl2NO4S. The van der Waals surface area contributed by atoms with E-state index in [4.69, 9.17) is 27.0 Å². The van der Waals surface area contributed by atoms with Gasteiger partial charge >= 0.3 is 0 Å². The molecule has 0 saturated carbocycles. The molecule has 1 N–H and O–H groups in total. The Kier molecular flexibility index (Phi) is 6.93. The number of benzene rings is 1. The summed E-state index contributed by atoms with van der Waals surface area (Å²) in [6.07, 6.45) is 0. The molecule has 0 radical (unpaired) electrons. The highest BCUT2D eigenvalue weighted by atomic mass is 79.9. The first-order valence-electron chi connectivity index (χ1n) is 5.99. The molecule has 0 aromatic heterocycles. The maximum absolute atomic E-state index is 12.2. The maximum Gasteiger partial charge on any atom is 0.261 e. The molecule has 0 aliphatic carbocycles. The lowest BCUT2D eigenvalue weighted by molar-refractivity contribution is 0.0872. The number of rotatable bonds is 6. The van der Waals surface area contributed by atoms with E-state index in [1.807, 2.05) is 6.92 Å². The fraction of sp³-hybridized carbons (Fsp3) is 0.417. The maximum atomic E-state index is 12.2. The van der Waals surface area contributed by atoms with Gasteiger partial charge in [-0.1, -0.05) is 11.6 Å². The predicted molar refractivity (Wildman–Crippen MR) is 85.6 cm³/mol. The van der Waals surface area contributed by atoms with Crippen molar-refractivity contribution < 1.29 is 17.9 Å². The number of hydrogen-bond donors (Lipinski definition) is 1. The van der Waals surface area contributed by atoms with Crippen LogP contribution in [0.2, 0.25) is 5.02 Å². The molecule has 1 aromatic carbocycles. The average molecular weight is 419 g/mol. The first-order valence-corrected chi connectivity index (χ1v) is 9.47. The van der Waals surface area contributed by atoms with Crippen LogP contribution in [-0.4, -0.2) is 33.6 Å². The van der Waals surface area contributed by atoms with E-state index in [2.05, 4.69) is 21.2 Å². The Hall–Kier alpha value is -0.340. The first kappa shape index (κ1) is 18.7. The van der Waals surface area contributed by atoms with Crippen LogP contribution in [0.25, 0.3) is 0 Å². The van der Waals surface area contributed by atoms with E-state index in [-0.39, 0.29) is 26.0 Å². The lowest BCUT2D eigenvalue weighted by Crippen LogP contribution is -2.36. The van der Waals surface area contributed by atoms with Gasteiger partial charge < -0.3 is 10.1 Å². The van der Waals surface area contributed by atoms with Crippen LogP contribution in [0.5, 0.6) is 0 Å². The molecule has 1 atom stereocenters. The van der Waals surface area contributed by atoms with Crippen LogP contribution < -0.4 is 5.32 Å². The van der Waals surface area contributed by atoms with Gasteiger partial charge in [0, 0.05) is 27.8 Å². The minimum absolute atomic E-state index is 0.0219. The van der Waals surface area contributed by atoms with Gasteiger partial charge in [-0.2, -0.15) is 0 Å². The van der Waals surface area contributed by atoms with Crippen LogP contribution >= 0.6 is 38.2 Å². The van der Waals surface area contributed by atoms with Crippen LogP contribution in [0, 0.1) is 0 Å². The molecule has 1 rings (SSSR count). The largest absolute Gasteiger partial charge is 0.380 e. The number of amides is 1. The Morgan fingerprint density at radius 2 is 2.10 bits per heavy atom. The predicted octanol–water partition coefficient (Wildman–Crippen LogP) is 3.18. The lowest BCUT2D eigenvalue weighted by Gasteiger charge is -2.15. The van der Waals surface area contributed by atoms with Gasteiger partial charge in [0.05, 0.1) is 22.1 Å². The fourth-order valence-corrected chi connectivity index (χ4v) is 3.10. The highest BCUT2D eigenvalue weighted by Gasteiger charge is 2.20. The second-order valence-electron chi connectivity index (χ2n) is 4.24. The van der Waals surface area contributed by atoms with Gasteiger partial charge in [-0.25, -0.2) is 8.42 Å². The summed E-state index contributed by atoms with van der Waals surface area (Å²) in [6.45, 7) is 4.48. The van der Waals surface area contributed by atoms with Crippen LogP contribution in [0.4, 0.5) is 0 Å². The van der Waals surface area contributed by atoms with E-state index in [0.29, 0.717) is 13.2 Å². The zero-order valence-corrected chi connectivity index (χ0v) is 15.2. The molecule has 118 valence electrons. The normalized spacial score (nSPS) is 13.0. The molecular weight excluding hydrogens is 405 g/mol. The van der Waals surface area contributed by atoms with E-state index in [1.165, 1.54) is 6.07 Å². The molecule has 0 saturated heterocycles. The van der Waals surface area contributed by atoms with Gasteiger partial charge in [0.2, 0.25) is 0 Å². The Labute approximate surface area is 141 Å². The smallest absolute Gasteiger partial charge is 0.261 e. The zero-order valence-electron chi connectivity index (χ0n) is 11.3. The van der Waals surface area contributed by atoms with Crippen molar-refractivity contribution in [2.24, 2.45) is 0 Å². The van der Waals surface area contributed by atoms with Crippen molar-refractivity contribution in [2.75, 3.05) is 13.2 Å². The number of carbonyl (C=O) groups excluding carboxylic acids is 1. The van der Waals surface area contributed by atoms with E-state index < -0.39 is 15.0 Å². The number of halogens is 3. The summed E-state index contributed by atoms with van der Waals surface area (Å²) in [4.78, 5) is 12.0. The van der Waals surface area contributed by atoms with Crippen molar-refractivity contribution in [1.29, 1.82) is 0 Å². The molecule has 5 nitrogen and oxygen atoms in total. The molecule has 0 spiro atoms. The van der Waals surface area contributed by atoms with Crippen LogP contribution in [-0.2, 0) is 13.8 Å². The number of hydrogen-bond acceptors (Lipinski definition) is 4. The Bertz CT molecular complexity index is 636. The third-order valence-corrected chi connectivity index (χ3v) is 5.07. The van der Waals surface area contributed by atoms with E-state index >= 15 is 0 Å². The second kappa shape index (κ2) is 7.78. The molecule has 0 aliphatic rings. The third-order valence-electron chi connectivity index (χ3n) is 2.48. The van der Waals surface area contributed by atoms with Crippen molar-refractivity contribution >= 4 is 53.2 Å². The van der Waals surface area contributed by atoms with Gasteiger partial charge in [-0.05, 0) is 41.9 Å². The molecule has 1 amide bonds. The third kappa shape index (κ3) is 5.41. The van der Waals surface area contributed by atoms with Gasteiger partial charge in [0.15, 0.2) is 0 Å². The van der Waals surface area contributed by atoms with Gasteiger partial charge in [-0.3, -0.25) is 4.79 Å². The summed E-state index contributed by atoms with van der Waals surface area (Å²) < 4.78 is 28.2. The second-order valence-corrected chi connectivity index (χ2v) is 8.04. The summed E-state index contributed by atoms with van der Waals surface area (Å²) >= 11 is 9.13. The molecule has 0 aliphatic heterocycles. The quantitative estimate of drug-likeness (QED) is 0.720. The van der Waals surface area contributed by atoms with Crippen LogP contribution in [0.1, 0.15) is 24.2 Å². The van der Waals surface area contributed by atoms with Crippen molar-refractivity contribution in [3.05, 3.63) is 27.2 Å². The summed E-state index contributed by atoms with van der Waals surface area (Å²) in [5.41, 5.74) is 0.0219. The van der Waals surface area contributed by atoms with Crippen molar-refractivity contribution in [2.45, 2.75) is 24.8 Å². The summed E-state index contributed by atoms with van der Waals surface area (Å²) in [5.74, 6) is -0.505. The number of ether oxygens (including phenoxy) is 1. The molecule has 21 heavy (non-hydrogen) atoms. The molecule has 0 fully saturated rings. The lowest BCUT2D eigenvalue weighted by atomic mass is 10.2. The number of carbonyl (C=O) groups is 1. The van der Waals surface area contributed by atoms with Gasteiger partial charge in [0.1, 0.15) is 0 Å². The summed E-state index contributed by atoms with van der Waals surface area (Å²) in [5, 5.41) is 2.78. The minimum atomic E-state index is -3.96. The molecule has 1 aromatic rings. The summed E-state index contributed by atoms with van der Waals surface area (Å²) in [6, 6.07) is 2.13. The molecule has 9 heteroatoms.